The van der Waals surface area contributed by atoms with Crippen LogP contribution < -0.4 is 10.6 Å². The van der Waals surface area contributed by atoms with Gasteiger partial charge < -0.3 is 15.4 Å². The predicted octanol–water partition coefficient (Wildman–Crippen LogP) is 1.56. The zero-order valence-electron chi connectivity index (χ0n) is 11.9. The minimum absolute atomic E-state index is 0.202. The van der Waals surface area contributed by atoms with Crippen LogP contribution in [-0.2, 0) is 22.5 Å². The van der Waals surface area contributed by atoms with Crippen molar-refractivity contribution in [2.75, 3.05) is 13.7 Å². The lowest BCUT2D eigenvalue weighted by atomic mass is 10.1. The van der Waals surface area contributed by atoms with Crippen molar-refractivity contribution in [3.05, 3.63) is 29.6 Å². The lowest BCUT2D eigenvalue weighted by molar-refractivity contribution is -0.140. The number of ether oxygens (including phenoxy) is 1. The topological polar surface area (TPSA) is 63.2 Å². The number of aryl methyl sites for hydroxylation is 1. The largest absolute Gasteiger partial charge is 0.469 e. The molecule has 5 nitrogen and oxygen atoms in total. The Morgan fingerprint density at radius 2 is 2.25 bits per heavy atom. The van der Waals surface area contributed by atoms with Gasteiger partial charge in [-0.25, -0.2) is 0 Å². The molecular formula is C14H21N3O2S. The van der Waals surface area contributed by atoms with Crippen LogP contribution in [0.2, 0.25) is 0 Å². The highest BCUT2D eigenvalue weighted by molar-refractivity contribution is 7.80. The third-order valence-corrected chi connectivity index (χ3v) is 3.14. The van der Waals surface area contributed by atoms with E-state index in [9.17, 15) is 4.79 Å². The molecule has 0 spiro atoms. The SMILES string of the molecule is CCc1cccnc1CNC(=S)NCCCC(=O)OC. The number of hydrogen-bond acceptors (Lipinski definition) is 4. The Balaban J connectivity index is 2.24. The van der Waals surface area contributed by atoms with Crippen LogP contribution in [0.1, 0.15) is 31.0 Å². The molecule has 1 aromatic heterocycles. The van der Waals surface area contributed by atoms with Gasteiger partial charge >= 0.3 is 5.97 Å². The molecule has 1 rings (SSSR count). The van der Waals surface area contributed by atoms with Crippen LogP contribution in [-0.4, -0.2) is 29.7 Å². The fourth-order valence-corrected chi connectivity index (χ4v) is 1.89. The molecule has 1 heterocycles. The molecule has 0 aliphatic rings. The van der Waals surface area contributed by atoms with Gasteiger partial charge in [0.1, 0.15) is 0 Å². The van der Waals surface area contributed by atoms with Crippen molar-refractivity contribution in [3.63, 3.8) is 0 Å². The van der Waals surface area contributed by atoms with Crippen LogP contribution in [0.3, 0.4) is 0 Å². The maximum absolute atomic E-state index is 10.9. The van der Waals surface area contributed by atoms with Gasteiger partial charge in [0.25, 0.3) is 0 Å². The molecule has 0 unspecified atom stereocenters. The first-order valence-electron chi connectivity index (χ1n) is 6.68. The highest BCUT2D eigenvalue weighted by atomic mass is 32.1. The summed E-state index contributed by atoms with van der Waals surface area (Å²) in [6.07, 6.45) is 3.82. The minimum atomic E-state index is -0.202. The van der Waals surface area contributed by atoms with Gasteiger partial charge in [-0.1, -0.05) is 13.0 Å². The quantitative estimate of drug-likeness (QED) is 0.452. The van der Waals surface area contributed by atoms with Crippen molar-refractivity contribution in [2.24, 2.45) is 0 Å². The van der Waals surface area contributed by atoms with Crippen molar-refractivity contribution in [1.82, 2.24) is 15.6 Å². The third-order valence-electron chi connectivity index (χ3n) is 2.85. The maximum atomic E-state index is 10.9. The molecular weight excluding hydrogens is 274 g/mol. The molecule has 0 amide bonds. The van der Waals surface area contributed by atoms with Gasteiger partial charge in [0.05, 0.1) is 19.3 Å². The molecule has 0 saturated carbocycles. The van der Waals surface area contributed by atoms with E-state index < -0.39 is 0 Å². The molecule has 6 heteroatoms. The Kier molecular flexibility index (Phi) is 7.57. The van der Waals surface area contributed by atoms with Crippen LogP contribution in [0.25, 0.3) is 0 Å². The summed E-state index contributed by atoms with van der Waals surface area (Å²) in [6, 6.07) is 4.00. The number of nitrogens with zero attached hydrogens (tertiary/aromatic N) is 1. The fraction of sp³-hybridized carbons (Fsp3) is 0.500. The van der Waals surface area contributed by atoms with Gasteiger partial charge in [0.2, 0.25) is 0 Å². The first kappa shape index (κ1) is 16.4. The van der Waals surface area contributed by atoms with E-state index in [0.717, 1.165) is 12.1 Å². The van der Waals surface area contributed by atoms with Gasteiger partial charge in [0, 0.05) is 19.2 Å². The molecule has 0 aliphatic carbocycles. The molecule has 0 fully saturated rings. The Bertz CT molecular complexity index is 452. The normalized spacial score (nSPS) is 9.90. The van der Waals surface area contributed by atoms with Gasteiger partial charge in [-0.3, -0.25) is 9.78 Å². The van der Waals surface area contributed by atoms with E-state index in [-0.39, 0.29) is 5.97 Å². The van der Waals surface area contributed by atoms with E-state index in [0.29, 0.717) is 31.0 Å². The zero-order chi connectivity index (χ0) is 14.8. The lowest BCUT2D eigenvalue weighted by Gasteiger charge is -2.11. The number of hydrogen-bond donors (Lipinski definition) is 2. The van der Waals surface area contributed by atoms with Crippen molar-refractivity contribution in [1.29, 1.82) is 0 Å². The molecule has 0 atom stereocenters. The summed E-state index contributed by atoms with van der Waals surface area (Å²) in [5.74, 6) is -0.202. The number of pyridine rings is 1. The van der Waals surface area contributed by atoms with E-state index in [4.69, 9.17) is 12.2 Å². The van der Waals surface area contributed by atoms with E-state index in [2.05, 4.69) is 33.3 Å². The summed E-state index contributed by atoms with van der Waals surface area (Å²) < 4.78 is 4.56. The second-order valence-electron chi connectivity index (χ2n) is 4.25. The number of carbonyl (C=O) groups excluding carboxylic acids is 1. The van der Waals surface area contributed by atoms with Crippen molar-refractivity contribution < 1.29 is 9.53 Å². The number of rotatable bonds is 7. The Morgan fingerprint density at radius 1 is 1.45 bits per heavy atom. The van der Waals surface area contributed by atoms with Crippen LogP contribution in [0.4, 0.5) is 0 Å². The van der Waals surface area contributed by atoms with Crippen molar-refractivity contribution in [3.8, 4) is 0 Å². The number of thiocarbonyl (C=S) groups is 1. The summed E-state index contributed by atoms with van der Waals surface area (Å²) in [4.78, 5) is 15.3. The van der Waals surface area contributed by atoms with Gasteiger partial charge in [-0.15, -0.1) is 0 Å². The highest BCUT2D eigenvalue weighted by Gasteiger charge is 2.03. The first-order valence-corrected chi connectivity index (χ1v) is 7.09. The average molecular weight is 295 g/mol. The van der Waals surface area contributed by atoms with Crippen LogP contribution in [0.5, 0.6) is 0 Å². The van der Waals surface area contributed by atoms with Gasteiger partial charge in [-0.2, -0.15) is 0 Å². The molecule has 0 bridgehead atoms. The van der Waals surface area contributed by atoms with E-state index in [1.807, 2.05) is 6.07 Å². The van der Waals surface area contributed by atoms with Crippen LogP contribution >= 0.6 is 12.2 Å². The van der Waals surface area contributed by atoms with Crippen LogP contribution in [0.15, 0.2) is 18.3 Å². The van der Waals surface area contributed by atoms with Crippen LogP contribution in [0, 0.1) is 0 Å². The summed E-state index contributed by atoms with van der Waals surface area (Å²) >= 11 is 5.17. The predicted molar refractivity (Wildman–Crippen MR) is 82.3 cm³/mol. The highest BCUT2D eigenvalue weighted by Crippen LogP contribution is 2.05. The second kappa shape index (κ2) is 9.25. The Morgan fingerprint density at radius 3 is 2.95 bits per heavy atom. The van der Waals surface area contributed by atoms with E-state index in [1.54, 1.807) is 6.20 Å². The number of carbonyl (C=O) groups is 1. The molecule has 110 valence electrons. The van der Waals surface area contributed by atoms with E-state index in [1.165, 1.54) is 12.7 Å². The summed E-state index contributed by atoms with van der Waals surface area (Å²) in [7, 11) is 1.39. The lowest BCUT2D eigenvalue weighted by Crippen LogP contribution is -2.35. The molecule has 0 aliphatic heterocycles. The number of methoxy groups -OCH3 is 1. The van der Waals surface area contributed by atoms with Crippen molar-refractivity contribution in [2.45, 2.75) is 32.7 Å². The summed E-state index contributed by atoms with van der Waals surface area (Å²) in [5.41, 5.74) is 2.22. The molecule has 0 aromatic carbocycles. The molecule has 20 heavy (non-hydrogen) atoms. The Hall–Kier alpha value is -1.69. The third kappa shape index (κ3) is 5.97. The molecule has 2 N–H and O–H groups in total. The minimum Gasteiger partial charge on any atom is -0.469 e. The Labute approximate surface area is 125 Å². The fourth-order valence-electron chi connectivity index (χ4n) is 1.72. The monoisotopic (exact) mass is 295 g/mol. The number of esters is 1. The summed E-state index contributed by atoms with van der Waals surface area (Å²) in [6.45, 7) is 3.35. The molecule has 0 radical (unpaired) electrons. The molecule has 1 aromatic rings. The first-order chi connectivity index (χ1) is 9.67. The average Bonchev–Trinajstić information content (AvgIpc) is 2.49. The van der Waals surface area contributed by atoms with E-state index >= 15 is 0 Å². The molecule has 0 saturated heterocycles. The zero-order valence-corrected chi connectivity index (χ0v) is 12.8. The van der Waals surface area contributed by atoms with Gasteiger partial charge in [-0.05, 0) is 36.7 Å². The smallest absolute Gasteiger partial charge is 0.305 e. The second-order valence-corrected chi connectivity index (χ2v) is 4.66. The van der Waals surface area contributed by atoms with Gasteiger partial charge in [0.15, 0.2) is 5.11 Å². The standard InChI is InChI=1S/C14H21N3O2S/c1-3-11-6-4-8-15-12(11)10-17-14(20)16-9-5-7-13(18)19-2/h4,6,8H,3,5,7,9-10H2,1-2H3,(H2,16,17,20). The maximum Gasteiger partial charge on any atom is 0.305 e. The number of nitrogens with one attached hydrogen (secondary N) is 2. The number of aromatic nitrogens is 1. The van der Waals surface area contributed by atoms with Crippen molar-refractivity contribution >= 4 is 23.3 Å². The summed E-state index contributed by atoms with van der Waals surface area (Å²) in [5, 5.41) is 6.74.